The van der Waals surface area contributed by atoms with Crippen molar-refractivity contribution in [1.29, 1.82) is 0 Å². The average Bonchev–Trinajstić information content (AvgIpc) is 3.06. The van der Waals surface area contributed by atoms with Crippen LogP contribution >= 0.6 is 0 Å². The fourth-order valence-electron chi connectivity index (χ4n) is 3.19. The van der Waals surface area contributed by atoms with Crippen LogP contribution in [0.3, 0.4) is 0 Å². The van der Waals surface area contributed by atoms with Gasteiger partial charge < -0.3 is 14.6 Å². The Morgan fingerprint density at radius 2 is 2.26 bits per heavy atom. The lowest BCUT2D eigenvalue weighted by molar-refractivity contribution is 0.0468. The Labute approximate surface area is 113 Å². The highest BCUT2D eigenvalue weighted by molar-refractivity contribution is 5.41. The summed E-state index contributed by atoms with van der Waals surface area (Å²) in [5.74, 6) is 0.810. The third kappa shape index (κ3) is 2.24. The van der Waals surface area contributed by atoms with Crippen LogP contribution in [0.15, 0.2) is 18.2 Å². The predicted octanol–water partition coefficient (Wildman–Crippen LogP) is 1.37. The number of aliphatic hydroxyl groups excluding tert-OH is 1. The molecule has 4 nitrogen and oxygen atoms in total. The van der Waals surface area contributed by atoms with Crippen molar-refractivity contribution in [3.63, 3.8) is 0 Å². The molecular formula is C15H21NO3. The Morgan fingerprint density at radius 3 is 2.95 bits per heavy atom. The van der Waals surface area contributed by atoms with Crippen LogP contribution in [-0.2, 0) is 11.2 Å². The van der Waals surface area contributed by atoms with Crippen LogP contribution in [0.25, 0.3) is 0 Å². The Morgan fingerprint density at radius 1 is 1.42 bits per heavy atom. The molecule has 0 aromatic heterocycles. The van der Waals surface area contributed by atoms with E-state index >= 15 is 0 Å². The van der Waals surface area contributed by atoms with E-state index in [0.717, 1.165) is 37.4 Å². The minimum absolute atomic E-state index is 0.147. The molecule has 3 unspecified atom stereocenters. The summed E-state index contributed by atoms with van der Waals surface area (Å²) in [6, 6.07) is 6.56. The lowest BCUT2D eigenvalue weighted by atomic mass is 10.1. The molecule has 19 heavy (non-hydrogen) atoms. The van der Waals surface area contributed by atoms with Gasteiger partial charge in [-0.1, -0.05) is 6.07 Å². The second kappa shape index (κ2) is 5.12. The number of hydrogen-bond acceptors (Lipinski definition) is 4. The van der Waals surface area contributed by atoms with Crippen LogP contribution in [0.5, 0.6) is 5.75 Å². The van der Waals surface area contributed by atoms with Crippen molar-refractivity contribution in [2.45, 2.75) is 31.0 Å². The van der Waals surface area contributed by atoms with Crippen LogP contribution < -0.4 is 4.74 Å². The smallest absolute Gasteiger partial charge is 0.119 e. The van der Waals surface area contributed by atoms with Crippen molar-refractivity contribution in [1.82, 2.24) is 4.90 Å². The number of aliphatic hydroxyl groups is 1. The molecule has 1 saturated heterocycles. The van der Waals surface area contributed by atoms with Crippen LogP contribution in [0.1, 0.15) is 23.7 Å². The summed E-state index contributed by atoms with van der Waals surface area (Å²) in [4.78, 5) is 2.28. The highest BCUT2D eigenvalue weighted by Crippen LogP contribution is 2.37. The molecule has 104 valence electrons. The number of ether oxygens (including phenoxy) is 2. The van der Waals surface area contributed by atoms with Gasteiger partial charge in [0.1, 0.15) is 5.75 Å². The van der Waals surface area contributed by atoms with Crippen LogP contribution in [0.2, 0.25) is 0 Å². The molecule has 0 radical (unpaired) electrons. The number of likely N-dealkylation sites (N-methyl/N-ethyl adjacent to an activating group) is 1. The average molecular weight is 263 g/mol. The van der Waals surface area contributed by atoms with E-state index in [0.29, 0.717) is 6.04 Å². The molecule has 0 spiro atoms. The maximum Gasteiger partial charge on any atom is 0.119 e. The summed E-state index contributed by atoms with van der Waals surface area (Å²) >= 11 is 0. The zero-order chi connectivity index (χ0) is 13.4. The third-order valence-corrected chi connectivity index (χ3v) is 4.47. The monoisotopic (exact) mass is 263 g/mol. The van der Waals surface area contributed by atoms with E-state index in [1.807, 2.05) is 12.1 Å². The van der Waals surface area contributed by atoms with E-state index in [-0.39, 0.29) is 6.04 Å². The summed E-state index contributed by atoms with van der Waals surface area (Å²) in [5, 5.41) is 10.6. The van der Waals surface area contributed by atoms with Crippen molar-refractivity contribution in [3.05, 3.63) is 29.3 Å². The standard InChI is InChI=1S/C15H21NO3/c1-16(11-5-6-19-9-11)14-7-10-3-4-12(18-2)8-13(10)15(14)17/h3-4,8,11,14-15,17H,5-7,9H2,1-2H3. The van der Waals surface area contributed by atoms with E-state index in [1.165, 1.54) is 5.56 Å². The number of hydrogen-bond donors (Lipinski definition) is 1. The van der Waals surface area contributed by atoms with E-state index in [1.54, 1.807) is 7.11 Å². The molecule has 2 aliphatic rings. The molecule has 0 saturated carbocycles. The zero-order valence-electron chi connectivity index (χ0n) is 11.5. The van der Waals surface area contributed by atoms with Crippen molar-refractivity contribution in [3.8, 4) is 5.75 Å². The number of nitrogens with zero attached hydrogens (tertiary/aromatic N) is 1. The topological polar surface area (TPSA) is 41.9 Å². The highest BCUT2D eigenvalue weighted by Gasteiger charge is 2.37. The van der Waals surface area contributed by atoms with Gasteiger partial charge in [-0.2, -0.15) is 0 Å². The van der Waals surface area contributed by atoms with Crippen LogP contribution in [0.4, 0.5) is 0 Å². The number of benzene rings is 1. The van der Waals surface area contributed by atoms with Crippen molar-refractivity contribution in [2.75, 3.05) is 27.4 Å². The van der Waals surface area contributed by atoms with Gasteiger partial charge in [-0.25, -0.2) is 0 Å². The molecule has 1 aliphatic carbocycles. The van der Waals surface area contributed by atoms with Gasteiger partial charge in [0.15, 0.2) is 0 Å². The van der Waals surface area contributed by atoms with Gasteiger partial charge in [-0.05, 0) is 43.1 Å². The second-order valence-electron chi connectivity index (χ2n) is 5.46. The van der Waals surface area contributed by atoms with E-state index in [2.05, 4.69) is 18.0 Å². The molecular weight excluding hydrogens is 242 g/mol. The molecule has 1 aromatic carbocycles. The first-order chi connectivity index (χ1) is 9.20. The predicted molar refractivity (Wildman–Crippen MR) is 72.4 cm³/mol. The molecule has 1 aromatic rings. The number of rotatable bonds is 3. The molecule has 1 N–H and O–H groups in total. The molecule has 1 heterocycles. The van der Waals surface area contributed by atoms with Crippen molar-refractivity contribution in [2.24, 2.45) is 0 Å². The highest BCUT2D eigenvalue weighted by atomic mass is 16.5. The first-order valence-corrected chi connectivity index (χ1v) is 6.85. The zero-order valence-corrected chi connectivity index (χ0v) is 11.5. The van der Waals surface area contributed by atoms with Gasteiger partial charge in [0.25, 0.3) is 0 Å². The number of fused-ring (bicyclic) bond motifs is 1. The lowest BCUT2D eigenvalue weighted by Gasteiger charge is -2.31. The lowest BCUT2D eigenvalue weighted by Crippen LogP contribution is -2.42. The Bertz CT molecular complexity index is 457. The molecule has 1 aliphatic heterocycles. The molecule has 0 amide bonds. The van der Waals surface area contributed by atoms with E-state index in [4.69, 9.17) is 9.47 Å². The molecule has 1 fully saturated rings. The maximum absolute atomic E-state index is 10.6. The SMILES string of the molecule is COc1ccc2c(c1)C(O)C(N(C)C1CCOC1)C2. The quantitative estimate of drug-likeness (QED) is 0.894. The fourth-order valence-corrected chi connectivity index (χ4v) is 3.19. The Kier molecular flexibility index (Phi) is 3.48. The van der Waals surface area contributed by atoms with Gasteiger partial charge in [0.2, 0.25) is 0 Å². The van der Waals surface area contributed by atoms with Crippen molar-refractivity contribution < 1.29 is 14.6 Å². The van der Waals surface area contributed by atoms with Crippen molar-refractivity contribution >= 4 is 0 Å². The largest absolute Gasteiger partial charge is 0.497 e. The summed E-state index contributed by atoms with van der Waals surface area (Å²) in [6.07, 6.45) is 1.52. The normalized spacial score (nSPS) is 29.8. The first-order valence-electron chi connectivity index (χ1n) is 6.85. The summed E-state index contributed by atoms with van der Waals surface area (Å²) in [7, 11) is 3.75. The fraction of sp³-hybridized carbons (Fsp3) is 0.600. The minimum Gasteiger partial charge on any atom is -0.497 e. The minimum atomic E-state index is -0.435. The Hall–Kier alpha value is -1.10. The van der Waals surface area contributed by atoms with E-state index in [9.17, 15) is 5.11 Å². The first kappa shape index (κ1) is 12.9. The van der Waals surface area contributed by atoms with Gasteiger partial charge in [-0.3, -0.25) is 4.90 Å². The summed E-state index contributed by atoms with van der Waals surface area (Å²) < 4.78 is 10.7. The second-order valence-corrected chi connectivity index (χ2v) is 5.46. The van der Waals surface area contributed by atoms with Gasteiger partial charge in [0.05, 0.1) is 19.8 Å². The van der Waals surface area contributed by atoms with Gasteiger partial charge >= 0.3 is 0 Å². The molecule has 0 bridgehead atoms. The number of methoxy groups -OCH3 is 1. The van der Waals surface area contributed by atoms with Crippen LogP contribution in [0, 0.1) is 0 Å². The maximum atomic E-state index is 10.6. The molecule has 3 rings (SSSR count). The third-order valence-electron chi connectivity index (χ3n) is 4.47. The van der Waals surface area contributed by atoms with Crippen LogP contribution in [-0.4, -0.2) is 49.5 Å². The van der Waals surface area contributed by atoms with Gasteiger partial charge in [0, 0.05) is 18.7 Å². The summed E-state index contributed by atoms with van der Waals surface area (Å²) in [5.41, 5.74) is 2.24. The molecule has 3 atom stereocenters. The Balaban J connectivity index is 1.80. The van der Waals surface area contributed by atoms with E-state index < -0.39 is 6.10 Å². The van der Waals surface area contributed by atoms with Gasteiger partial charge in [-0.15, -0.1) is 0 Å². The molecule has 4 heteroatoms. The summed E-state index contributed by atoms with van der Waals surface area (Å²) in [6.45, 7) is 1.61.